The molecule has 96 valence electrons. The third-order valence-corrected chi connectivity index (χ3v) is 2.91. The van der Waals surface area contributed by atoms with E-state index in [0.29, 0.717) is 30.1 Å². The highest BCUT2D eigenvalue weighted by atomic mass is 16.2. The van der Waals surface area contributed by atoms with Crippen molar-refractivity contribution in [2.24, 2.45) is 5.92 Å². The molecular formula is C14H18N2O2. The van der Waals surface area contributed by atoms with E-state index in [4.69, 9.17) is 0 Å². The quantitative estimate of drug-likeness (QED) is 0.856. The molecule has 4 nitrogen and oxygen atoms in total. The minimum absolute atomic E-state index is 0.0128. The van der Waals surface area contributed by atoms with Gasteiger partial charge < -0.3 is 10.6 Å². The SMILES string of the molecule is CC(C)CC(=O)Nc1ccc2c(c1)C(=O)NCC2. The van der Waals surface area contributed by atoms with Crippen molar-refractivity contribution >= 4 is 17.5 Å². The minimum atomic E-state index is -0.0591. The van der Waals surface area contributed by atoms with Crippen molar-refractivity contribution in [2.45, 2.75) is 26.7 Å². The second kappa shape index (κ2) is 5.21. The number of hydrogen-bond donors (Lipinski definition) is 2. The van der Waals surface area contributed by atoms with Gasteiger partial charge in [0, 0.05) is 24.2 Å². The Kier molecular flexibility index (Phi) is 3.65. The van der Waals surface area contributed by atoms with Gasteiger partial charge in [0.15, 0.2) is 0 Å². The molecule has 0 aliphatic carbocycles. The van der Waals surface area contributed by atoms with Gasteiger partial charge in [-0.3, -0.25) is 9.59 Å². The first-order valence-electron chi connectivity index (χ1n) is 6.27. The fraction of sp³-hybridized carbons (Fsp3) is 0.429. The van der Waals surface area contributed by atoms with Gasteiger partial charge >= 0.3 is 0 Å². The van der Waals surface area contributed by atoms with E-state index >= 15 is 0 Å². The maximum atomic E-state index is 11.7. The molecule has 0 bridgehead atoms. The van der Waals surface area contributed by atoms with E-state index in [9.17, 15) is 9.59 Å². The van der Waals surface area contributed by atoms with Crippen LogP contribution in [0.25, 0.3) is 0 Å². The first-order chi connectivity index (χ1) is 8.56. The number of fused-ring (bicyclic) bond motifs is 1. The molecule has 18 heavy (non-hydrogen) atoms. The highest BCUT2D eigenvalue weighted by Gasteiger charge is 2.17. The number of benzene rings is 1. The normalized spacial score (nSPS) is 14.1. The van der Waals surface area contributed by atoms with E-state index in [-0.39, 0.29) is 11.8 Å². The maximum Gasteiger partial charge on any atom is 0.251 e. The van der Waals surface area contributed by atoms with E-state index in [1.165, 1.54) is 0 Å². The van der Waals surface area contributed by atoms with E-state index in [1.54, 1.807) is 6.07 Å². The molecule has 2 rings (SSSR count). The summed E-state index contributed by atoms with van der Waals surface area (Å²) >= 11 is 0. The maximum absolute atomic E-state index is 11.7. The van der Waals surface area contributed by atoms with Crippen LogP contribution in [0.1, 0.15) is 36.2 Å². The summed E-state index contributed by atoms with van der Waals surface area (Å²) in [6.07, 6.45) is 1.34. The second-order valence-corrected chi connectivity index (χ2v) is 5.02. The Morgan fingerprint density at radius 3 is 2.94 bits per heavy atom. The highest BCUT2D eigenvalue weighted by molar-refractivity contribution is 5.99. The Morgan fingerprint density at radius 2 is 2.22 bits per heavy atom. The molecule has 1 aliphatic heterocycles. The summed E-state index contributed by atoms with van der Waals surface area (Å²) in [5.41, 5.74) is 2.40. The Bertz CT molecular complexity index is 481. The van der Waals surface area contributed by atoms with Crippen LogP contribution >= 0.6 is 0 Å². The minimum Gasteiger partial charge on any atom is -0.352 e. The third kappa shape index (κ3) is 2.88. The van der Waals surface area contributed by atoms with Crippen LogP contribution in [0.4, 0.5) is 5.69 Å². The molecule has 0 radical (unpaired) electrons. The molecule has 0 aromatic heterocycles. The number of anilines is 1. The van der Waals surface area contributed by atoms with Gasteiger partial charge in [-0.1, -0.05) is 19.9 Å². The van der Waals surface area contributed by atoms with Gasteiger partial charge in [0.05, 0.1) is 0 Å². The lowest BCUT2D eigenvalue weighted by atomic mass is 9.99. The van der Waals surface area contributed by atoms with Crippen molar-refractivity contribution < 1.29 is 9.59 Å². The first-order valence-corrected chi connectivity index (χ1v) is 6.27. The Hall–Kier alpha value is -1.84. The fourth-order valence-electron chi connectivity index (χ4n) is 2.07. The van der Waals surface area contributed by atoms with Gasteiger partial charge in [0.2, 0.25) is 5.91 Å². The van der Waals surface area contributed by atoms with Crippen molar-refractivity contribution in [3.05, 3.63) is 29.3 Å². The van der Waals surface area contributed by atoms with Gasteiger partial charge in [0.25, 0.3) is 5.91 Å². The number of carbonyl (C=O) groups is 2. The van der Waals surface area contributed by atoms with Crippen LogP contribution in [0.5, 0.6) is 0 Å². The van der Waals surface area contributed by atoms with Crippen LogP contribution in [0.15, 0.2) is 18.2 Å². The highest BCUT2D eigenvalue weighted by Crippen LogP contribution is 2.19. The largest absolute Gasteiger partial charge is 0.352 e. The standard InChI is InChI=1S/C14H18N2O2/c1-9(2)7-13(17)16-11-4-3-10-5-6-15-14(18)12(10)8-11/h3-4,8-9H,5-7H2,1-2H3,(H,15,18)(H,16,17). The number of hydrogen-bond acceptors (Lipinski definition) is 2. The van der Waals surface area contributed by atoms with E-state index in [0.717, 1.165) is 12.0 Å². The summed E-state index contributed by atoms with van der Waals surface area (Å²) in [7, 11) is 0. The van der Waals surface area contributed by atoms with Crippen LogP contribution in [0.3, 0.4) is 0 Å². The van der Waals surface area contributed by atoms with E-state index in [2.05, 4.69) is 10.6 Å². The van der Waals surface area contributed by atoms with E-state index in [1.807, 2.05) is 26.0 Å². The average molecular weight is 246 g/mol. The topological polar surface area (TPSA) is 58.2 Å². The number of carbonyl (C=O) groups excluding carboxylic acids is 2. The molecular weight excluding hydrogens is 228 g/mol. The average Bonchev–Trinajstić information content (AvgIpc) is 2.29. The first kappa shape index (κ1) is 12.6. The lowest BCUT2D eigenvalue weighted by Gasteiger charge is -2.17. The zero-order valence-corrected chi connectivity index (χ0v) is 10.7. The van der Waals surface area contributed by atoms with Gasteiger partial charge in [-0.15, -0.1) is 0 Å². The van der Waals surface area contributed by atoms with Crippen LogP contribution in [0.2, 0.25) is 0 Å². The van der Waals surface area contributed by atoms with Crippen molar-refractivity contribution in [3.63, 3.8) is 0 Å². The molecule has 0 fully saturated rings. The molecule has 1 aliphatic rings. The Balaban J connectivity index is 2.13. The third-order valence-electron chi connectivity index (χ3n) is 2.91. The molecule has 1 heterocycles. The number of nitrogens with one attached hydrogen (secondary N) is 2. The Labute approximate surface area is 107 Å². The molecule has 4 heteroatoms. The smallest absolute Gasteiger partial charge is 0.251 e. The molecule has 0 atom stereocenters. The number of amides is 2. The summed E-state index contributed by atoms with van der Waals surface area (Å²) in [5.74, 6) is 0.253. The molecule has 1 aromatic rings. The molecule has 0 unspecified atom stereocenters. The van der Waals surface area contributed by atoms with Crippen molar-refractivity contribution in [1.29, 1.82) is 0 Å². The zero-order valence-electron chi connectivity index (χ0n) is 10.7. The molecule has 2 N–H and O–H groups in total. The van der Waals surface area contributed by atoms with E-state index < -0.39 is 0 Å². The predicted octanol–water partition coefficient (Wildman–Crippen LogP) is 1.96. The van der Waals surface area contributed by atoms with Gasteiger partial charge in [-0.25, -0.2) is 0 Å². The predicted molar refractivity (Wildman–Crippen MR) is 70.6 cm³/mol. The lowest BCUT2D eigenvalue weighted by molar-refractivity contribution is -0.116. The molecule has 0 spiro atoms. The van der Waals surface area contributed by atoms with Crippen molar-refractivity contribution in [2.75, 3.05) is 11.9 Å². The molecule has 0 saturated carbocycles. The van der Waals surface area contributed by atoms with Gasteiger partial charge in [-0.2, -0.15) is 0 Å². The lowest BCUT2D eigenvalue weighted by Crippen LogP contribution is -2.31. The van der Waals surface area contributed by atoms with Crippen molar-refractivity contribution in [1.82, 2.24) is 5.32 Å². The molecule has 1 aromatic carbocycles. The summed E-state index contributed by atoms with van der Waals surface area (Å²) in [6.45, 7) is 4.69. The monoisotopic (exact) mass is 246 g/mol. The molecule has 0 saturated heterocycles. The summed E-state index contributed by atoms with van der Waals surface area (Å²) in [5, 5.41) is 5.62. The number of rotatable bonds is 3. The Morgan fingerprint density at radius 1 is 1.44 bits per heavy atom. The van der Waals surface area contributed by atoms with Crippen LogP contribution in [-0.2, 0) is 11.2 Å². The molecule has 2 amide bonds. The fourth-order valence-corrected chi connectivity index (χ4v) is 2.07. The van der Waals surface area contributed by atoms with Crippen LogP contribution < -0.4 is 10.6 Å². The second-order valence-electron chi connectivity index (χ2n) is 5.02. The summed E-state index contributed by atoms with van der Waals surface area (Å²) in [6, 6.07) is 5.52. The zero-order chi connectivity index (χ0) is 13.1. The summed E-state index contributed by atoms with van der Waals surface area (Å²) in [4.78, 5) is 23.3. The van der Waals surface area contributed by atoms with Crippen LogP contribution in [-0.4, -0.2) is 18.4 Å². The van der Waals surface area contributed by atoms with Crippen LogP contribution in [0, 0.1) is 5.92 Å². The summed E-state index contributed by atoms with van der Waals surface area (Å²) < 4.78 is 0. The van der Waals surface area contributed by atoms with Gasteiger partial charge in [-0.05, 0) is 30.0 Å². The van der Waals surface area contributed by atoms with Gasteiger partial charge in [0.1, 0.15) is 0 Å². The van der Waals surface area contributed by atoms with Crippen molar-refractivity contribution in [3.8, 4) is 0 Å².